The van der Waals surface area contributed by atoms with Crippen LogP contribution in [0, 0.1) is 12.7 Å². The molecule has 2 aromatic carbocycles. The first-order valence-corrected chi connectivity index (χ1v) is 7.47. The first kappa shape index (κ1) is 16.6. The molecule has 0 spiro atoms. The lowest BCUT2D eigenvalue weighted by molar-refractivity contribution is 0.0600. The smallest absolute Gasteiger partial charge is 0.337 e. The van der Waals surface area contributed by atoms with Gasteiger partial charge in [-0.3, -0.25) is 0 Å². The molecule has 0 saturated heterocycles. The van der Waals surface area contributed by atoms with Crippen molar-refractivity contribution in [3.05, 3.63) is 65.3 Å². The number of methoxy groups -OCH3 is 1. The Labute approximate surface area is 143 Å². The molecule has 0 fully saturated rings. The number of nitrogens with zero attached hydrogens (tertiary/aromatic N) is 2. The van der Waals surface area contributed by atoms with E-state index in [0.29, 0.717) is 28.3 Å². The maximum absolute atomic E-state index is 13.6. The second-order valence-electron chi connectivity index (χ2n) is 5.28. The van der Waals surface area contributed by atoms with Crippen LogP contribution in [0.3, 0.4) is 0 Å². The summed E-state index contributed by atoms with van der Waals surface area (Å²) in [5.41, 5.74) is 1.50. The van der Waals surface area contributed by atoms with Crippen molar-refractivity contribution < 1.29 is 23.2 Å². The zero-order chi connectivity index (χ0) is 17.8. The van der Waals surface area contributed by atoms with Crippen molar-refractivity contribution >= 4 is 5.97 Å². The molecule has 0 amide bonds. The van der Waals surface area contributed by atoms with Crippen LogP contribution in [-0.2, 0) is 11.3 Å². The molecule has 6 nitrogen and oxygen atoms in total. The third kappa shape index (κ3) is 3.82. The van der Waals surface area contributed by atoms with Crippen molar-refractivity contribution in [3.8, 4) is 17.1 Å². The number of halogens is 1. The van der Waals surface area contributed by atoms with Crippen LogP contribution in [0.2, 0.25) is 0 Å². The molecular formula is C18H15FN2O4. The molecule has 1 aromatic heterocycles. The number of rotatable bonds is 5. The van der Waals surface area contributed by atoms with Crippen molar-refractivity contribution in [2.45, 2.75) is 13.5 Å². The van der Waals surface area contributed by atoms with Gasteiger partial charge < -0.3 is 14.0 Å². The van der Waals surface area contributed by atoms with Gasteiger partial charge in [0.15, 0.2) is 6.61 Å². The summed E-state index contributed by atoms with van der Waals surface area (Å²) < 4.78 is 28.9. The highest BCUT2D eigenvalue weighted by Gasteiger charge is 2.11. The third-order valence-corrected chi connectivity index (χ3v) is 3.54. The number of aromatic nitrogens is 2. The highest BCUT2D eigenvalue weighted by Crippen LogP contribution is 2.20. The van der Waals surface area contributed by atoms with Crippen LogP contribution in [0.5, 0.6) is 5.75 Å². The molecule has 0 aliphatic carbocycles. The molecule has 0 bridgehead atoms. The number of carbonyl (C=O) groups excluding carboxylic acids is 1. The predicted molar refractivity (Wildman–Crippen MR) is 86.5 cm³/mol. The van der Waals surface area contributed by atoms with E-state index in [2.05, 4.69) is 14.9 Å². The summed E-state index contributed by atoms with van der Waals surface area (Å²) in [4.78, 5) is 15.5. The largest absolute Gasteiger partial charge is 0.484 e. The molecule has 25 heavy (non-hydrogen) atoms. The summed E-state index contributed by atoms with van der Waals surface area (Å²) in [6.45, 7) is 1.74. The van der Waals surface area contributed by atoms with E-state index >= 15 is 0 Å². The van der Waals surface area contributed by atoms with Crippen LogP contribution < -0.4 is 4.74 Å². The van der Waals surface area contributed by atoms with Gasteiger partial charge in [0.2, 0.25) is 5.82 Å². The second kappa shape index (κ2) is 7.12. The quantitative estimate of drug-likeness (QED) is 0.660. The van der Waals surface area contributed by atoms with E-state index in [1.165, 1.54) is 13.2 Å². The number of esters is 1. The number of carbonyl (C=O) groups is 1. The van der Waals surface area contributed by atoms with Gasteiger partial charge in [0.05, 0.1) is 12.7 Å². The molecule has 0 saturated carbocycles. The summed E-state index contributed by atoms with van der Waals surface area (Å²) in [6, 6.07) is 11.2. The molecule has 7 heteroatoms. The molecule has 0 atom stereocenters. The van der Waals surface area contributed by atoms with Crippen molar-refractivity contribution in [2.75, 3.05) is 7.11 Å². The van der Waals surface area contributed by atoms with Crippen LogP contribution in [0.25, 0.3) is 11.4 Å². The lowest BCUT2D eigenvalue weighted by atomic mass is 10.1. The van der Waals surface area contributed by atoms with Crippen molar-refractivity contribution in [3.63, 3.8) is 0 Å². The van der Waals surface area contributed by atoms with E-state index < -0.39 is 5.97 Å². The molecular weight excluding hydrogens is 327 g/mol. The molecule has 3 aromatic rings. The highest BCUT2D eigenvalue weighted by atomic mass is 19.1. The van der Waals surface area contributed by atoms with E-state index in [-0.39, 0.29) is 18.3 Å². The number of benzene rings is 2. The minimum atomic E-state index is -0.418. The van der Waals surface area contributed by atoms with E-state index in [4.69, 9.17) is 9.26 Å². The lowest BCUT2D eigenvalue weighted by Crippen LogP contribution is -2.01. The number of aryl methyl sites for hydroxylation is 1. The van der Waals surface area contributed by atoms with Gasteiger partial charge in [-0.2, -0.15) is 4.98 Å². The normalized spacial score (nSPS) is 10.5. The van der Waals surface area contributed by atoms with E-state index in [1.807, 2.05) is 0 Å². The molecule has 128 valence electrons. The molecule has 0 aliphatic heterocycles. The Kier molecular flexibility index (Phi) is 4.74. The van der Waals surface area contributed by atoms with Gasteiger partial charge in [-0.05, 0) is 42.8 Å². The number of hydrogen-bond donors (Lipinski definition) is 0. The minimum absolute atomic E-state index is 0.0545. The van der Waals surface area contributed by atoms with Gasteiger partial charge in [0.25, 0.3) is 5.89 Å². The summed E-state index contributed by atoms with van der Waals surface area (Å²) in [7, 11) is 1.32. The topological polar surface area (TPSA) is 74.5 Å². The van der Waals surface area contributed by atoms with Crippen LogP contribution >= 0.6 is 0 Å². The van der Waals surface area contributed by atoms with E-state index in [9.17, 15) is 9.18 Å². The molecule has 0 aliphatic rings. The molecule has 0 radical (unpaired) electrons. The first-order chi connectivity index (χ1) is 12.1. The first-order valence-electron chi connectivity index (χ1n) is 7.47. The van der Waals surface area contributed by atoms with Crippen molar-refractivity contribution in [1.82, 2.24) is 10.1 Å². The van der Waals surface area contributed by atoms with Gasteiger partial charge in [0, 0.05) is 5.56 Å². The van der Waals surface area contributed by atoms with Gasteiger partial charge >= 0.3 is 5.97 Å². The van der Waals surface area contributed by atoms with Gasteiger partial charge in [-0.1, -0.05) is 17.3 Å². The Morgan fingerprint density at radius 1 is 1.20 bits per heavy atom. The fraction of sp³-hybridized carbons (Fsp3) is 0.167. The molecule has 3 rings (SSSR count). The van der Waals surface area contributed by atoms with Crippen LogP contribution in [0.4, 0.5) is 4.39 Å². The Morgan fingerprint density at radius 3 is 2.64 bits per heavy atom. The zero-order valence-corrected chi connectivity index (χ0v) is 13.7. The number of ether oxygens (including phenoxy) is 2. The van der Waals surface area contributed by atoms with Crippen molar-refractivity contribution in [1.29, 1.82) is 0 Å². The van der Waals surface area contributed by atoms with Crippen LogP contribution in [0.15, 0.2) is 47.0 Å². The summed E-state index contributed by atoms with van der Waals surface area (Å²) >= 11 is 0. The average molecular weight is 342 g/mol. The number of hydrogen-bond acceptors (Lipinski definition) is 6. The Morgan fingerprint density at radius 2 is 1.96 bits per heavy atom. The average Bonchev–Trinajstić information content (AvgIpc) is 3.11. The Bertz CT molecular complexity index is 890. The maximum atomic E-state index is 13.6. The standard InChI is InChI=1S/C18H15FN2O4/c1-11-3-4-13(9-15(11)19)17-20-16(25-21-17)10-24-14-7-5-12(6-8-14)18(22)23-2/h3-9H,10H2,1-2H3. The fourth-order valence-corrected chi connectivity index (χ4v) is 2.11. The summed E-state index contributed by atoms with van der Waals surface area (Å²) in [5, 5.41) is 3.82. The second-order valence-corrected chi connectivity index (χ2v) is 5.28. The zero-order valence-electron chi connectivity index (χ0n) is 13.7. The monoisotopic (exact) mass is 342 g/mol. The molecule has 0 N–H and O–H groups in total. The fourth-order valence-electron chi connectivity index (χ4n) is 2.11. The highest BCUT2D eigenvalue weighted by molar-refractivity contribution is 5.89. The van der Waals surface area contributed by atoms with E-state index in [0.717, 1.165) is 0 Å². The maximum Gasteiger partial charge on any atom is 0.337 e. The summed E-state index contributed by atoms with van der Waals surface area (Å²) in [5.74, 6) is 0.338. The third-order valence-electron chi connectivity index (χ3n) is 3.54. The van der Waals surface area contributed by atoms with Crippen LogP contribution in [0.1, 0.15) is 21.8 Å². The van der Waals surface area contributed by atoms with E-state index in [1.54, 1.807) is 43.3 Å². The SMILES string of the molecule is COC(=O)c1ccc(OCc2nc(-c3ccc(C)c(F)c3)no2)cc1. The van der Waals surface area contributed by atoms with Crippen LogP contribution in [-0.4, -0.2) is 23.2 Å². The Balaban J connectivity index is 1.65. The lowest BCUT2D eigenvalue weighted by Gasteiger charge is -2.04. The van der Waals surface area contributed by atoms with Crippen molar-refractivity contribution in [2.24, 2.45) is 0 Å². The van der Waals surface area contributed by atoms with Gasteiger partial charge in [-0.25, -0.2) is 9.18 Å². The summed E-state index contributed by atoms with van der Waals surface area (Å²) in [6.07, 6.45) is 0. The Hall–Kier alpha value is -3.22. The molecule has 0 unspecified atom stereocenters. The molecule has 1 heterocycles. The van der Waals surface area contributed by atoms with Gasteiger partial charge in [0.1, 0.15) is 11.6 Å². The van der Waals surface area contributed by atoms with Gasteiger partial charge in [-0.15, -0.1) is 0 Å². The minimum Gasteiger partial charge on any atom is -0.484 e. The predicted octanol–water partition coefficient (Wildman–Crippen LogP) is 3.55.